The van der Waals surface area contributed by atoms with E-state index in [2.05, 4.69) is 5.32 Å². The Bertz CT molecular complexity index is 1430. The van der Waals surface area contributed by atoms with E-state index >= 15 is 0 Å². The zero-order valence-electron chi connectivity index (χ0n) is 19.6. The number of nitrogens with one attached hydrogen (secondary N) is 1. The third-order valence-electron chi connectivity index (χ3n) is 5.45. The second-order valence-corrected chi connectivity index (χ2v) is 10.4. The lowest BCUT2D eigenvalue weighted by Gasteiger charge is -2.24. The number of hydrogen-bond acceptors (Lipinski definition) is 4. The molecule has 0 unspecified atom stereocenters. The molecule has 1 N–H and O–H groups in total. The minimum atomic E-state index is -4.02. The minimum Gasteiger partial charge on any atom is -0.489 e. The van der Waals surface area contributed by atoms with Gasteiger partial charge in [-0.05, 0) is 66.6 Å². The largest absolute Gasteiger partial charge is 0.489 e. The summed E-state index contributed by atoms with van der Waals surface area (Å²) in [7, 11) is -4.02. The second kappa shape index (κ2) is 11.3. The van der Waals surface area contributed by atoms with Crippen LogP contribution >= 0.6 is 11.6 Å². The highest BCUT2D eigenvalue weighted by Gasteiger charge is 2.27. The molecule has 0 aliphatic heterocycles. The first kappa shape index (κ1) is 25.3. The molecule has 0 saturated carbocycles. The highest BCUT2D eigenvalue weighted by atomic mass is 35.5. The summed E-state index contributed by atoms with van der Waals surface area (Å²) in [4.78, 5) is 13.0. The summed E-state index contributed by atoms with van der Waals surface area (Å²) in [6.07, 6.45) is 0. The molecule has 4 aromatic carbocycles. The van der Waals surface area contributed by atoms with E-state index in [4.69, 9.17) is 16.3 Å². The van der Waals surface area contributed by atoms with Crippen LogP contribution in [0.2, 0.25) is 5.02 Å². The molecule has 0 aromatic heterocycles. The fraction of sp³-hybridized carbons (Fsp3) is 0.107. The molecule has 0 aliphatic carbocycles. The second-order valence-electron chi connectivity index (χ2n) is 8.11. The van der Waals surface area contributed by atoms with Gasteiger partial charge in [-0.2, -0.15) is 0 Å². The van der Waals surface area contributed by atoms with Crippen molar-refractivity contribution in [2.24, 2.45) is 0 Å². The van der Waals surface area contributed by atoms with E-state index in [1.54, 1.807) is 60.7 Å². The van der Waals surface area contributed by atoms with Crippen molar-refractivity contribution in [2.45, 2.75) is 18.4 Å². The van der Waals surface area contributed by atoms with Gasteiger partial charge in [0.1, 0.15) is 18.9 Å². The number of nitrogens with zero attached hydrogens (tertiary/aromatic N) is 1. The Hall–Kier alpha value is -3.81. The van der Waals surface area contributed by atoms with Gasteiger partial charge in [-0.25, -0.2) is 8.42 Å². The number of halogens is 1. The number of hydrogen-bond donors (Lipinski definition) is 1. The summed E-state index contributed by atoms with van der Waals surface area (Å²) in [5.41, 5.74) is 2.67. The molecule has 4 aromatic rings. The average Bonchev–Trinajstić information content (AvgIpc) is 2.89. The molecule has 0 saturated heterocycles. The SMILES string of the molecule is Cc1ccc(N(CC(=O)Nc2ccc(OCc3ccccc3)cc2)S(=O)(=O)c2ccccc2)cc1Cl. The van der Waals surface area contributed by atoms with Crippen LogP contribution in [0.1, 0.15) is 11.1 Å². The number of benzene rings is 4. The smallest absolute Gasteiger partial charge is 0.264 e. The van der Waals surface area contributed by atoms with Crippen LogP contribution in [0.15, 0.2) is 108 Å². The first-order chi connectivity index (χ1) is 17.3. The number of carbonyl (C=O) groups is 1. The molecular weight excluding hydrogens is 496 g/mol. The summed E-state index contributed by atoms with van der Waals surface area (Å²) in [6.45, 7) is 1.82. The topological polar surface area (TPSA) is 75.7 Å². The molecule has 0 aliphatic rings. The summed E-state index contributed by atoms with van der Waals surface area (Å²) in [5, 5.41) is 3.17. The molecular formula is C28H25ClN2O4S. The van der Waals surface area contributed by atoms with Crippen molar-refractivity contribution in [3.05, 3.63) is 119 Å². The summed E-state index contributed by atoms with van der Waals surface area (Å²) < 4.78 is 33.7. The predicted molar refractivity (Wildman–Crippen MR) is 143 cm³/mol. The third kappa shape index (κ3) is 6.24. The van der Waals surface area contributed by atoms with Crippen LogP contribution in [-0.4, -0.2) is 20.9 Å². The van der Waals surface area contributed by atoms with E-state index in [1.165, 1.54) is 12.1 Å². The Morgan fingerprint density at radius 3 is 2.17 bits per heavy atom. The van der Waals surface area contributed by atoms with E-state index < -0.39 is 22.5 Å². The zero-order valence-corrected chi connectivity index (χ0v) is 21.2. The van der Waals surface area contributed by atoms with Crippen LogP contribution in [0.3, 0.4) is 0 Å². The van der Waals surface area contributed by atoms with Crippen molar-refractivity contribution in [1.82, 2.24) is 0 Å². The Kier molecular flexibility index (Phi) is 7.93. The standard InChI is InChI=1S/C28H25ClN2O4S/c1-21-12-15-24(18-27(21)29)31(36(33,34)26-10-6-3-7-11-26)19-28(32)30-23-13-16-25(17-14-23)35-20-22-8-4-2-5-9-22/h2-18H,19-20H2,1H3,(H,30,32). The van der Waals surface area contributed by atoms with Gasteiger partial charge in [-0.3, -0.25) is 9.10 Å². The van der Waals surface area contributed by atoms with Gasteiger partial charge in [0.2, 0.25) is 5.91 Å². The third-order valence-corrected chi connectivity index (χ3v) is 7.64. The van der Waals surface area contributed by atoms with E-state index in [9.17, 15) is 13.2 Å². The van der Waals surface area contributed by atoms with Gasteiger partial charge in [0.05, 0.1) is 10.6 Å². The van der Waals surface area contributed by atoms with Gasteiger partial charge >= 0.3 is 0 Å². The van der Waals surface area contributed by atoms with Crippen molar-refractivity contribution in [3.8, 4) is 5.75 Å². The molecule has 0 atom stereocenters. The van der Waals surface area contributed by atoms with Crippen LogP contribution in [0, 0.1) is 6.92 Å². The minimum absolute atomic E-state index is 0.0782. The molecule has 0 bridgehead atoms. The molecule has 0 fully saturated rings. The first-order valence-electron chi connectivity index (χ1n) is 11.2. The van der Waals surface area contributed by atoms with Crippen molar-refractivity contribution in [1.29, 1.82) is 0 Å². The lowest BCUT2D eigenvalue weighted by atomic mass is 10.2. The number of carbonyl (C=O) groups excluding carboxylic acids is 1. The van der Waals surface area contributed by atoms with E-state index in [0.29, 0.717) is 28.8 Å². The molecule has 0 spiro atoms. The maximum absolute atomic E-state index is 13.4. The molecule has 36 heavy (non-hydrogen) atoms. The van der Waals surface area contributed by atoms with Crippen molar-refractivity contribution >= 4 is 38.9 Å². The van der Waals surface area contributed by atoms with Gasteiger partial charge in [0, 0.05) is 10.7 Å². The van der Waals surface area contributed by atoms with Crippen LogP contribution in [0.25, 0.3) is 0 Å². The normalized spacial score (nSPS) is 11.1. The van der Waals surface area contributed by atoms with Gasteiger partial charge in [0.15, 0.2) is 0 Å². The van der Waals surface area contributed by atoms with Crippen LogP contribution < -0.4 is 14.4 Å². The van der Waals surface area contributed by atoms with Gasteiger partial charge < -0.3 is 10.1 Å². The number of aryl methyl sites for hydroxylation is 1. The quantitative estimate of drug-likeness (QED) is 0.291. The van der Waals surface area contributed by atoms with Crippen LogP contribution in [-0.2, 0) is 21.4 Å². The number of sulfonamides is 1. The molecule has 0 radical (unpaired) electrons. The summed E-state index contributed by atoms with van der Waals surface area (Å²) in [5.74, 6) is 0.156. The number of rotatable bonds is 9. The highest BCUT2D eigenvalue weighted by Crippen LogP contribution is 2.28. The fourth-order valence-corrected chi connectivity index (χ4v) is 5.09. The Morgan fingerprint density at radius 2 is 1.53 bits per heavy atom. The van der Waals surface area contributed by atoms with Crippen molar-refractivity contribution in [2.75, 3.05) is 16.2 Å². The van der Waals surface area contributed by atoms with Gasteiger partial charge in [-0.1, -0.05) is 66.2 Å². The molecule has 4 rings (SSSR count). The highest BCUT2D eigenvalue weighted by molar-refractivity contribution is 7.92. The molecule has 8 heteroatoms. The van der Waals surface area contributed by atoms with E-state index in [0.717, 1.165) is 15.4 Å². The molecule has 6 nitrogen and oxygen atoms in total. The zero-order chi connectivity index (χ0) is 25.5. The summed E-state index contributed by atoms with van der Waals surface area (Å²) >= 11 is 6.27. The lowest BCUT2D eigenvalue weighted by molar-refractivity contribution is -0.114. The van der Waals surface area contributed by atoms with Crippen molar-refractivity contribution in [3.63, 3.8) is 0 Å². The maximum Gasteiger partial charge on any atom is 0.264 e. The molecule has 1 amide bonds. The molecule has 0 heterocycles. The lowest BCUT2D eigenvalue weighted by Crippen LogP contribution is -2.38. The first-order valence-corrected chi connectivity index (χ1v) is 13.1. The van der Waals surface area contributed by atoms with E-state index in [1.807, 2.05) is 37.3 Å². The maximum atomic E-state index is 13.4. The van der Waals surface area contributed by atoms with E-state index in [-0.39, 0.29) is 4.90 Å². The van der Waals surface area contributed by atoms with Gasteiger partial charge in [0.25, 0.3) is 10.0 Å². The van der Waals surface area contributed by atoms with Crippen molar-refractivity contribution < 1.29 is 17.9 Å². The molecule has 184 valence electrons. The predicted octanol–water partition coefficient (Wildman–Crippen LogP) is 6.06. The Balaban J connectivity index is 1.49. The van der Waals surface area contributed by atoms with Crippen LogP contribution in [0.5, 0.6) is 5.75 Å². The monoisotopic (exact) mass is 520 g/mol. The Labute approximate surface area is 216 Å². The van der Waals surface area contributed by atoms with Gasteiger partial charge in [-0.15, -0.1) is 0 Å². The van der Waals surface area contributed by atoms with Crippen LogP contribution in [0.4, 0.5) is 11.4 Å². The number of anilines is 2. The number of amides is 1. The summed E-state index contributed by atoms with van der Waals surface area (Å²) in [6, 6.07) is 29.6. The Morgan fingerprint density at radius 1 is 0.889 bits per heavy atom. The fourth-order valence-electron chi connectivity index (χ4n) is 3.48. The number of ether oxygens (including phenoxy) is 1. The average molecular weight is 521 g/mol.